The monoisotopic (exact) mass is 361 g/mol. The lowest BCUT2D eigenvalue weighted by Crippen LogP contribution is -2.26. The zero-order chi connectivity index (χ0) is 17.9. The van der Waals surface area contributed by atoms with Crippen molar-refractivity contribution in [3.63, 3.8) is 0 Å². The Bertz CT molecular complexity index is 1030. The first-order valence-corrected chi connectivity index (χ1v) is 8.85. The van der Waals surface area contributed by atoms with Crippen molar-refractivity contribution in [3.05, 3.63) is 78.5 Å². The Balaban J connectivity index is 1.65. The van der Waals surface area contributed by atoms with Gasteiger partial charge in [0.05, 0.1) is 10.2 Å². The van der Waals surface area contributed by atoms with Crippen LogP contribution >= 0.6 is 11.3 Å². The van der Waals surface area contributed by atoms with E-state index in [1.165, 1.54) is 16.2 Å². The molecule has 0 atom stereocenters. The van der Waals surface area contributed by atoms with E-state index in [-0.39, 0.29) is 11.8 Å². The number of hydrogen-bond acceptors (Lipinski definition) is 5. The van der Waals surface area contributed by atoms with Gasteiger partial charge in [-0.3, -0.25) is 9.69 Å². The van der Waals surface area contributed by atoms with Gasteiger partial charge in [0, 0.05) is 13.2 Å². The Kier molecular flexibility index (Phi) is 4.33. The van der Waals surface area contributed by atoms with Crippen LogP contribution < -0.4 is 9.64 Å². The first-order chi connectivity index (χ1) is 12.7. The number of rotatable bonds is 4. The van der Waals surface area contributed by atoms with Gasteiger partial charge < -0.3 is 4.74 Å². The van der Waals surface area contributed by atoms with E-state index in [0.29, 0.717) is 16.4 Å². The molecule has 0 bridgehead atoms. The molecule has 0 aliphatic rings. The van der Waals surface area contributed by atoms with Crippen molar-refractivity contribution in [3.8, 4) is 11.6 Å². The topological polar surface area (TPSA) is 55.3 Å². The highest BCUT2D eigenvalue weighted by Gasteiger charge is 2.21. The molecule has 0 radical (unpaired) electrons. The number of carbonyl (C=O) groups excluding carboxylic acids is 1. The summed E-state index contributed by atoms with van der Waals surface area (Å²) in [6.07, 6.45) is 1.60. The number of aromatic nitrogens is 2. The van der Waals surface area contributed by atoms with Crippen molar-refractivity contribution in [1.82, 2.24) is 9.97 Å². The highest BCUT2D eigenvalue weighted by Crippen LogP contribution is 2.30. The third-order valence-corrected chi connectivity index (χ3v) is 4.95. The molecule has 26 heavy (non-hydrogen) atoms. The van der Waals surface area contributed by atoms with E-state index in [2.05, 4.69) is 9.97 Å². The Morgan fingerprint density at radius 1 is 1.00 bits per heavy atom. The summed E-state index contributed by atoms with van der Waals surface area (Å²) >= 11 is 1.47. The van der Waals surface area contributed by atoms with Crippen LogP contribution in [0.15, 0.2) is 72.9 Å². The Labute approximate surface area is 154 Å². The number of ether oxygens (including phenoxy) is 1. The van der Waals surface area contributed by atoms with Crippen LogP contribution in [0, 0.1) is 0 Å². The van der Waals surface area contributed by atoms with Gasteiger partial charge in [-0.15, -0.1) is 0 Å². The molecule has 4 aromatic rings. The maximum atomic E-state index is 13.0. The van der Waals surface area contributed by atoms with Gasteiger partial charge in [-0.1, -0.05) is 41.7 Å². The van der Waals surface area contributed by atoms with Gasteiger partial charge in [-0.25, -0.2) is 9.97 Å². The lowest BCUT2D eigenvalue weighted by molar-refractivity contribution is 0.0990. The first-order valence-electron chi connectivity index (χ1n) is 8.04. The number of hydrogen-bond donors (Lipinski definition) is 0. The number of nitrogens with zero attached hydrogens (tertiary/aromatic N) is 3. The highest BCUT2D eigenvalue weighted by atomic mass is 32.1. The summed E-state index contributed by atoms with van der Waals surface area (Å²) in [7, 11) is 1.71. The molecule has 0 saturated carbocycles. The van der Waals surface area contributed by atoms with Crippen LogP contribution in [0.2, 0.25) is 0 Å². The number of fused-ring (bicyclic) bond motifs is 1. The maximum absolute atomic E-state index is 13.0. The minimum Gasteiger partial charge on any atom is -0.438 e. The number of thiazole rings is 1. The van der Waals surface area contributed by atoms with E-state index < -0.39 is 0 Å². The summed E-state index contributed by atoms with van der Waals surface area (Å²) in [5, 5.41) is 0.630. The number of para-hydroxylation sites is 2. The van der Waals surface area contributed by atoms with Crippen molar-refractivity contribution >= 4 is 32.6 Å². The summed E-state index contributed by atoms with van der Waals surface area (Å²) in [6.45, 7) is 0. The van der Waals surface area contributed by atoms with E-state index in [9.17, 15) is 4.79 Å². The molecule has 0 unspecified atom stereocenters. The van der Waals surface area contributed by atoms with Crippen molar-refractivity contribution in [1.29, 1.82) is 0 Å². The van der Waals surface area contributed by atoms with Crippen molar-refractivity contribution in [2.24, 2.45) is 0 Å². The van der Waals surface area contributed by atoms with Crippen LogP contribution in [0.3, 0.4) is 0 Å². The third-order valence-electron chi connectivity index (χ3n) is 3.83. The molecule has 6 heteroatoms. The number of pyridine rings is 1. The predicted molar refractivity (Wildman–Crippen MR) is 103 cm³/mol. The smallest absolute Gasteiger partial charge is 0.265 e. The molecule has 0 N–H and O–H groups in total. The Hall–Kier alpha value is -3.25. The van der Waals surface area contributed by atoms with E-state index in [1.807, 2.05) is 54.6 Å². The summed E-state index contributed by atoms with van der Waals surface area (Å²) in [5.74, 6) is 0.683. The van der Waals surface area contributed by atoms with Crippen LogP contribution in [-0.4, -0.2) is 22.9 Å². The number of amides is 1. The van der Waals surface area contributed by atoms with E-state index in [4.69, 9.17) is 4.74 Å². The number of carbonyl (C=O) groups is 1. The molecular formula is C20H15N3O2S. The van der Waals surface area contributed by atoms with E-state index >= 15 is 0 Å². The van der Waals surface area contributed by atoms with Crippen LogP contribution in [0.4, 0.5) is 5.13 Å². The highest BCUT2D eigenvalue weighted by molar-refractivity contribution is 7.22. The second-order valence-electron chi connectivity index (χ2n) is 5.60. The molecular weight excluding hydrogens is 346 g/mol. The van der Waals surface area contributed by atoms with Gasteiger partial charge in [0.1, 0.15) is 11.3 Å². The molecule has 2 heterocycles. The minimum atomic E-state index is -0.219. The molecule has 0 saturated heterocycles. The average Bonchev–Trinajstić information content (AvgIpc) is 3.12. The molecule has 5 nitrogen and oxygen atoms in total. The van der Waals surface area contributed by atoms with Crippen molar-refractivity contribution < 1.29 is 9.53 Å². The summed E-state index contributed by atoms with van der Waals surface area (Å²) < 4.78 is 6.84. The van der Waals surface area contributed by atoms with Crippen LogP contribution in [-0.2, 0) is 0 Å². The lowest BCUT2D eigenvalue weighted by Gasteiger charge is -2.15. The lowest BCUT2D eigenvalue weighted by atomic mass is 10.2. The summed E-state index contributed by atoms with van der Waals surface area (Å²) in [6, 6.07) is 20.5. The second kappa shape index (κ2) is 6.93. The molecule has 0 aliphatic carbocycles. The van der Waals surface area contributed by atoms with Gasteiger partial charge in [0.15, 0.2) is 5.13 Å². The molecule has 1 amide bonds. The fourth-order valence-electron chi connectivity index (χ4n) is 2.51. The van der Waals surface area contributed by atoms with Gasteiger partial charge >= 0.3 is 0 Å². The van der Waals surface area contributed by atoms with Gasteiger partial charge in [0.2, 0.25) is 5.88 Å². The van der Waals surface area contributed by atoms with Gasteiger partial charge in [-0.05, 0) is 36.4 Å². The normalized spacial score (nSPS) is 10.7. The fourth-order valence-corrected chi connectivity index (χ4v) is 3.43. The predicted octanol–water partition coefficient (Wildman–Crippen LogP) is 4.76. The minimum absolute atomic E-state index is 0.219. The molecule has 2 aromatic heterocycles. The average molecular weight is 361 g/mol. The van der Waals surface area contributed by atoms with Crippen LogP contribution in [0.1, 0.15) is 10.4 Å². The maximum Gasteiger partial charge on any atom is 0.265 e. The summed E-state index contributed by atoms with van der Waals surface area (Å²) in [5.41, 5.74) is 1.26. The molecule has 0 fully saturated rings. The Morgan fingerprint density at radius 3 is 2.58 bits per heavy atom. The zero-order valence-electron chi connectivity index (χ0n) is 14.0. The third kappa shape index (κ3) is 3.14. The molecule has 0 spiro atoms. The van der Waals surface area contributed by atoms with Crippen molar-refractivity contribution in [2.45, 2.75) is 0 Å². The van der Waals surface area contributed by atoms with Crippen molar-refractivity contribution in [2.75, 3.05) is 11.9 Å². The van der Waals surface area contributed by atoms with E-state index in [1.54, 1.807) is 25.4 Å². The first kappa shape index (κ1) is 16.2. The second-order valence-corrected chi connectivity index (χ2v) is 6.61. The number of benzene rings is 2. The van der Waals surface area contributed by atoms with Crippen LogP contribution in [0.25, 0.3) is 10.2 Å². The number of anilines is 1. The van der Waals surface area contributed by atoms with E-state index in [0.717, 1.165) is 10.2 Å². The van der Waals surface area contributed by atoms with Crippen LogP contribution in [0.5, 0.6) is 11.6 Å². The molecule has 0 aliphatic heterocycles. The largest absolute Gasteiger partial charge is 0.438 e. The fraction of sp³-hybridized carbons (Fsp3) is 0.0500. The Morgan fingerprint density at radius 2 is 1.77 bits per heavy atom. The zero-order valence-corrected chi connectivity index (χ0v) is 14.8. The molecule has 4 rings (SSSR count). The summed E-state index contributed by atoms with van der Waals surface area (Å²) in [4.78, 5) is 23.3. The molecule has 128 valence electrons. The van der Waals surface area contributed by atoms with Gasteiger partial charge in [0.25, 0.3) is 5.91 Å². The quantitative estimate of drug-likeness (QED) is 0.526. The van der Waals surface area contributed by atoms with Gasteiger partial charge in [-0.2, -0.15) is 0 Å². The standard InChI is InChI=1S/C20H15N3O2S/c1-23(20-22-16-11-5-6-12-17(16)26-20)19(24)15-10-7-13-21-18(15)25-14-8-3-2-4-9-14/h2-13H,1H3. The SMILES string of the molecule is CN(C(=O)c1cccnc1Oc1ccccc1)c1nc2ccccc2s1. The molecule has 2 aromatic carbocycles.